The fourth-order valence-electron chi connectivity index (χ4n) is 2.62. The van der Waals surface area contributed by atoms with Gasteiger partial charge in [0.15, 0.2) is 0 Å². The second kappa shape index (κ2) is 6.02. The Morgan fingerprint density at radius 2 is 2.11 bits per heavy atom. The molecule has 0 radical (unpaired) electrons. The fraction of sp³-hybridized carbons (Fsp3) is 0.600. The van der Waals surface area contributed by atoms with E-state index in [9.17, 15) is 0 Å². The zero-order chi connectivity index (χ0) is 13.9. The number of nitrogens with zero attached hydrogens (tertiary/aromatic N) is 1. The van der Waals surface area contributed by atoms with Crippen LogP contribution in [0.1, 0.15) is 33.1 Å². The Bertz CT molecular complexity index is 432. The molecule has 0 unspecified atom stereocenters. The lowest BCUT2D eigenvalue weighted by Gasteiger charge is -2.44. The van der Waals surface area contributed by atoms with Gasteiger partial charge in [-0.05, 0) is 44.0 Å². The maximum Gasteiger partial charge on any atom is 0.143 e. The van der Waals surface area contributed by atoms with Gasteiger partial charge in [-0.2, -0.15) is 0 Å². The fourth-order valence-corrected chi connectivity index (χ4v) is 2.79. The van der Waals surface area contributed by atoms with Crippen molar-refractivity contribution in [3.8, 4) is 5.75 Å². The van der Waals surface area contributed by atoms with Gasteiger partial charge < -0.3 is 15.4 Å². The Morgan fingerprint density at radius 3 is 2.74 bits per heavy atom. The molecular formula is C15H23ClN2O. The molecule has 19 heavy (non-hydrogen) atoms. The van der Waals surface area contributed by atoms with Gasteiger partial charge >= 0.3 is 0 Å². The predicted octanol–water partition coefficient (Wildman–Crippen LogP) is 3.45. The highest BCUT2D eigenvalue weighted by Crippen LogP contribution is 2.40. The first-order valence-corrected chi connectivity index (χ1v) is 7.45. The van der Waals surface area contributed by atoms with Crippen molar-refractivity contribution in [1.82, 2.24) is 0 Å². The summed E-state index contributed by atoms with van der Waals surface area (Å²) in [5, 5.41) is 0.751. The van der Waals surface area contributed by atoms with E-state index in [0.29, 0.717) is 6.54 Å². The summed E-state index contributed by atoms with van der Waals surface area (Å²) < 4.78 is 6.25. The highest BCUT2D eigenvalue weighted by atomic mass is 35.5. The number of ether oxygens (including phenoxy) is 1. The second-order valence-corrected chi connectivity index (χ2v) is 5.60. The summed E-state index contributed by atoms with van der Waals surface area (Å²) in [6.07, 6.45) is 2.99. The number of hydrogen-bond acceptors (Lipinski definition) is 3. The molecule has 0 aromatic heterocycles. The first-order chi connectivity index (χ1) is 9.14. The normalized spacial score (nSPS) is 16.9. The van der Waals surface area contributed by atoms with Crippen LogP contribution in [0.5, 0.6) is 5.75 Å². The van der Waals surface area contributed by atoms with Crippen LogP contribution in [-0.2, 0) is 0 Å². The van der Waals surface area contributed by atoms with Gasteiger partial charge in [0.05, 0.1) is 12.2 Å². The maximum atomic E-state index is 6.25. The smallest absolute Gasteiger partial charge is 0.143 e. The van der Waals surface area contributed by atoms with Crippen LogP contribution in [0.2, 0.25) is 5.02 Å². The van der Waals surface area contributed by atoms with Crippen LogP contribution in [-0.4, -0.2) is 25.2 Å². The molecule has 0 spiro atoms. The van der Waals surface area contributed by atoms with Gasteiger partial charge in [0.1, 0.15) is 11.4 Å². The molecule has 0 aliphatic carbocycles. The minimum absolute atomic E-state index is 0.0879. The number of benzene rings is 1. The lowest BCUT2D eigenvalue weighted by molar-refractivity contribution is 0.0574. The highest BCUT2D eigenvalue weighted by Gasteiger charge is 2.36. The average Bonchev–Trinajstić information content (AvgIpc) is 2.44. The van der Waals surface area contributed by atoms with Gasteiger partial charge in [-0.1, -0.05) is 25.4 Å². The van der Waals surface area contributed by atoms with Crippen molar-refractivity contribution in [1.29, 1.82) is 0 Å². The van der Waals surface area contributed by atoms with E-state index in [-0.39, 0.29) is 5.60 Å². The molecule has 1 heterocycles. The second-order valence-electron chi connectivity index (χ2n) is 5.17. The summed E-state index contributed by atoms with van der Waals surface area (Å²) in [5.74, 6) is 0.941. The van der Waals surface area contributed by atoms with E-state index in [1.807, 2.05) is 18.2 Å². The number of nitrogens with two attached hydrogens (primary N) is 1. The minimum Gasteiger partial charge on any atom is -0.483 e. The van der Waals surface area contributed by atoms with Crippen molar-refractivity contribution in [2.45, 2.75) is 38.7 Å². The Balaban J connectivity index is 2.34. The Labute approximate surface area is 120 Å². The molecule has 0 saturated heterocycles. The molecule has 1 aromatic carbocycles. The van der Waals surface area contributed by atoms with Crippen LogP contribution in [0, 0.1) is 0 Å². The quantitative estimate of drug-likeness (QED) is 0.899. The van der Waals surface area contributed by atoms with Crippen molar-refractivity contribution in [2.75, 3.05) is 24.5 Å². The third-order valence-electron chi connectivity index (χ3n) is 3.99. The molecule has 0 saturated carbocycles. The first kappa shape index (κ1) is 14.5. The number of anilines is 1. The summed E-state index contributed by atoms with van der Waals surface area (Å²) in [6, 6.07) is 5.86. The Hall–Kier alpha value is -0.930. The SMILES string of the molecule is CCC1(CC)CN(CCCN)c2cc(Cl)ccc2O1. The minimum atomic E-state index is -0.0879. The lowest BCUT2D eigenvalue weighted by Crippen LogP contribution is -2.50. The summed E-state index contributed by atoms with van der Waals surface area (Å²) in [4.78, 5) is 2.37. The Kier molecular flexibility index (Phi) is 4.58. The van der Waals surface area contributed by atoms with Gasteiger partial charge in [0.2, 0.25) is 0 Å². The molecule has 2 rings (SSSR count). The molecular weight excluding hydrogens is 260 g/mol. The van der Waals surface area contributed by atoms with E-state index in [1.165, 1.54) is 0 Å². The van der Waals surface area contributed by atoms with Gasteiger partial charge in [-0.15, -0.1) is 0 Å². The zero-order valence-corrected chi connectivity index (χ0v) is 12.5. The molecule has 0 fully saturated rings. The molecule has 4 heteroatoms. The lowest BCUT2D eigenvalue weighted by atomic mass is 9.94. The maximum absolute atomic E-state index is 6.25. The van der Waals surface area contributed by atoms with Crippen LogP contribution >= 0.6 is 11.6 Å². The van der Waals surface area contributed by atoms with Crippen LogP contribution in [0.4, 0.5) is 5.69 Å². The largest absolute Gasteiger partial charge is 0.483 e. The number of hydrogen-bond donors (Lipinski definition) is 1. The van der Waals surface area contributed by atoms with Crippen molar-refractivity contribution in [2.24, 2.45) is 5.73 Å². The molecule has 2 N–H and O–H groups in total. The number of halogens is 1. The average molecular weight is 283 g/mol. The molecule has 106 valence electrons. The number of rotatable bonds is 5. The summed E-state index contributed by atoms with van der Waals surface area (Å²) >= 11 is 6.11. The van der Waals surface area contributed by atoms with Crippen molar-refractivity contribution in [3.05, 3.63) is 23.2 Å². The van der Waals surface area contributed by atoms with Crippen LogP contribution < -0.4 is 15.4 Å². The molecule has 1 aliphatic heterocycles. The van der Waals surface area contributed by atoms with Crippen molar-refractivity contribution >= 4 is 17.3 Å². The summed E-state index contributed by atoms with van der Waals surface area (Å²) in [7, 11) is 0. The molecule has 0 bridgehead atoms. The molecule has 0 amide bonds. The van der Waals surface area contributed by atoms with Crippen LogP contribution in [0.15, 0.2) is 18.2 Å². The van der Waals surface area contributed by atoms with Gasteiger partial charge in [0.25, 0.3) is 0 Å². The van der Waals surface area contributed by atoms with Gasteiger partial charge in [0, 0.05) is 11.6 Å². The third-order valence-corrected chi connectivity index (χ3v) is 4.22. The summed E-state index contributed by atoms with van der Waals surface area (Å²) in [5.41, 5.74) is 6.65. The number of fused-ring (bicyclic) bond motifs is 1. The van der Waals surface area contributed by atoms with E-state index in [4.69, 9.17) is 22.1 Å². The van der Waals surface area contributed by atoms with Crippen molar-refractivity contribution < 1.29 is 4.74 Å². The highest BCUT2D eigenvalue weighted by molar-refractivity contribution is 6.30. The molecule has 1 aliphatic rings. The zero-order valence-electron chi connectivity index (χ0n) is 11.8. The third kappa shape index (κ3) is 2.98. The first-order valence-electron chi connectivity index (χ1n) is 7.07. The van der Waals surface area contributed by atoms with E-state index in [0.717, 1.165) is 48.8 Å². The summed E-state index contributed by atoms with van der Waals surface area (Å²) in [6.45, 7) is 6.94. The predicted molar refractivity (Wildman–Crippen MR) is 81.3 cm³/mol. The van der Waals surface area contributed by atoms with Gasteiger partial charge in [-0.25, -0.2) is 0 Å². The monoisotopic (exact) mass is 282 g/mol. The van der Waals surface area contributed by atoms with E-state index >= 15 is 0 Å². The van der Waals surface area contributed by atoms with E-state index in [2.05, 4.69) is 18.7 Å². The van der Waals surface area contributed by atoms with Crippen LogP contribution in [0.3, 0.4) is 0 Å². The van der Waals surface area contributed by atoms with Crippen LogP contribution in [0.25, 0.3) is 0 Å². The molecule has 0 atom stereocenters. The Morgan fingerprint density at radius 1 is 1.37 bits per heavy atom. The molecule has 3 nitrogen and oxygen atoms in total. The topological polar surface area (TPSA) is 38.5 Å². The van der Waals surface area contributed by atoms with E-state index in [1.54, 1.807) is 0 Å². The van der Waals surface area contributed by atoms with Crippen molar-refractivity contribution in [3.63, 3.8) is 0 Å². The molecule has 1 aromatic rings. The van der Waals surface area contributed by atoms with E-state index < -0.39 is 0 Å². The standard InChI is InChI=1S/C15H23ClN2O/c1-3-15(4-2)11-18(9-5-8-17)13-10-12(16)6-7-14(13)19-15/h6-7,10H,3-5,8-9,11,17H2,1-2H3. The van der Waals surface area contributed by atoms with Gasteiger partial charge in [-0.3, -0.25) is 0 Å².